The highest BCUT2D eigenvalue weighted by Crippen LogP contribution is 2.22. The summed E-state index contributed by atoms with van der Waals surface area (Å²) in [6.07, 6.45) is 6.19. The van der Waals surface area contributed by atoms with Gasteiger partial charge in [-0.05, 0) is 61.4 Å². The highest BCUT2D eigenvalue weighted by atomic mass is 16.5. The number of imidazole rings is 1. The number of aromatic nitrogens is 2. The van der Waals surface area contributed by atoms with Gasteiger partial charge in [0.2, 0.25) is 5.91 Å². The van der Waals surface area contributed by atoms with Gasteiger partial charge in [-0.2, -0.15) is 0 Å². The molecule has 0 spiro atoms. The highest BCUT2D eigenvalue weighted by Gasteiger charge is 2.10. The van der Waals surface area contributed by atoms with Crippen LogP contribution in [0.3, 0.4) is 0 Å². The van der Waals surface area contributed by atoms with Crippen LogP contribution in [0.2, 0.25) is 0 Å². The summed E-state index contributed by atoms with van der Waals surface area (Å²) in [6.45, 7) is 8.37. The first-order valence-electron chi connectivity index (χ1n) is 12.0. The lowest BCUT2D eigenvalue weighted by molar-refractivity contribution is -0.118. The Morgan fingerprint density at radius 2 is 1.84 bits per heavy atom. The van der Waals surface area contributed by atoms with Gasteiger partial charge in [0.05, 0.1) is 17.6 Å². The molecule has 5 heteroatoms. The van der Waals surface area contributed by atoms with Crippen molar-refractivity contribution < 1.29 is 9.53 Å². The van der Waals surface area contributed by atoms with Gasteiger partial charge >= 0.3 is 0 Å². The Morgan fingerprint density at radius 3 is 2.59 bits per heavy atom. The Morgan fingerprint density at radius 1 is 1.06 bits per heavy atom. The number of hydrogen-bond donors (Lipinski definition) is 1. The number of benzene rings is 2. The van der Waals surface area contributed by atoms with Gasteiger partial charge < -0.3 is 14.6 Å². The Kier molecular flexibility index (Phi) is 9.14. The van der Waals surface area contributed by atoms with E-state index in [0.29, 0.717) is 12.5 Å². The summed E-state index contributed by atoms with van der Waals surface area (Å²) < 4.78 is 8.35. The van der Waals surface area contributed by atoms with Crippen LogP contribution < -0.4 is 10.1 Å². The monoisotopic (exact) mass is 435 g/mol. The van der Waals surface area contributed by atoms with Crippen LogP contribution in [0.25, 0.3) is 11.0 Å². The Labute approximate surface area is 192 Å². The van der Waals surface area contributed by atoms with Crippen LogP contribution >= 0.6 is 0 Å². The molecule has 1 N–H and O–H groups in total. The SMILES string of the molecule is CCC(C)c1ccc(OCCCn2c(CCCCCNC(C)=O)nc3ccccc32)cc1. The zero-order chi connectivity index (χ0) is 22.8. The smallest absolute Gasteiger partial charge is 0.216 e. The van der Waals surface area contributed by atoms with Crippen molar-refractivity contribution in [2.45, 2.75) is 71.8 Å². The molecule has 3 aromatic rings. The van der Waals surface area contributed by atoms with E-state index >= 15 is 0 Å². The molecule has 0 bridgehead atoms. The third-order valence-electron chi connectivity index (χ3n) is 6.04. The van der Waals surface area contributed by atoms with E-state index in [2.05, 4.69) is 66.2 Å². The number of fused-ring (bicyclic) bond motifs is 1. The normalized spacial score (nSPS) is 12.1. The third-order valence-corrected chi connectivity index (χ3v) is 6.04. The second kappa shape index (κ2) is 12.3. The van der Waals surface area contributed by atoms with Crippen molar-refractivity contribution >= 4 is 16.9 Å². The van der Waals surface area contributed by atoms with Gasteiger partial charge in [-0.25, -0.2) is 4.98 Å². The average Bonchev–Trinajstić information content (AvgIpc) is 3.16. The van der Waals surface area contributed by atoms with Crippen molar-refractivity contribution in [3.8, 4) is 5.75 Å². The number of aryl methyl sites for hydroxylation is 2. The van der Waals surface area contributed by atoms with Crippen LogP contribution in [-0.4, -0.2) is 28.6 Å². The van der Waals surface area contributed by atoms with Crippen molar-refractivity contribution in [3.05, 3.63) is 59.9 Å². The topological polar surface area (TPSA) is 56.1 Å². The van der Waals surface area contributed by atoms with E-state index < -0.39 is 0 Å². The van der Waals surface area contributed by atoms with Crippen LogP contribution in [0.15, 0.2) is 48.5 Å². The lowest BCUT2D eigenvalue weighted by Crippen LogP contribution is -2.20. The minimum absolute atomic E-state index is 0.0421. The van der Waals surface area contributed by atoms with Crippen LogP contribution in [0.5, 0.6) is 5.75 Å². The Balaban J connectivity index is 1.51. The number of hydrogen-bond acceptors (Lipinski definition) is 3. The summed E-state index contributed by atoms with van der Waals surface area (Å²) >= 11 is 0. The maximum atomic E-state index is 11.0. The molecule has 1 amide bonds. The second-order valence-corrected chi connectivity index (χ2v) is 8.54. The van der Waals surface area contributed by atoms with E-state index in [4.69, 9.17) is 9.72 Å². The van der Waals surface area contributed by atoms with E-state index in [1.807, 2.05) is 6.07 Å². The van der Waals surface area contributed by atoms with E-state index in [1.54, 1.807) is 6.92 Å². The summed E-state index contributed by atoms with van der Waals surface area (Å²) in [5, 5.41) is 2.86. The molecule has 2 aromatic carbocycles. The second-order valence-electron chi connectivity index (χ2n) is 8.54. The summed E-state index contributed by atoms with van der Waals surface area (Å²) in [4.78, 5) is 15.9. The first kappa shape index (κ1) is 23.8. The molecule has 5 nitrogen and oxygen atoms in total. The fraction of sp³-hybridized carbons (Fsp3) is 0.481. The molecule has 32 heavy (non-hydrogen) atoms. The number of para-hydroxylation sites is 2. The minimum Gasteiger partial charge on any atom is -0.494 e. The number of unbranched alkanes of at least 4 members (excludes halogenated alkanes) is 2. The molecule has 0 saturated heterocycles. The van der Waals surface area contributed by atoms with E-state index in [9.17, 15) is 4.79 Å². The summed E-state index contributed by atoms with van der Waals surface area (Å²) in [6, 6.07) is 16.9. The lowest BCUT2D eigenvalue weighted by Gasteiger charge is -2.12. The molecule has 0 saturated carbocycles. The molecule has 0 radical (unpaired) electrons. The van der Waals surface area contributed by atoms with E-state index in [1.165, 1.54) is 11.1 Å². The summed E-state index contributed by atoms with van der Waals surface area (Å²) in [7, 11) is 0. The number of rotatable bonds is 13. The maximum Gasteiger partial charge on any atom is 0.216 e. The third kappa shape index (κ3) is 6.84. The van der Waals surface area contributed by atoms with Gasteiger partial charge in [0.1, 0.15) is 11.6 Å². The van der Waals surface area contributed by atoms with Gasteiger partial charge in [-0.3, -0.25) is 4.79 Å². The largest absolute Gasteiger partial charge is 0.494 e. The molecule has 0 aliphatic rings. The van der Waals surface area contributed by atoms with Crippen LogP contribution in [0.1, 0.15) is 70.2 Å². The van der Waals surface area contributed by atoms with Crippen LogP contribution in [-0.2, 0) is 17.8 Å². The number of nitrogens with zero attached hydrogens (tertiary/aromatic N) is 2. The first-order chi connectivity index (χ1) is 15.6. The molecule has 1 unspecified atom stereocenters. The number of carbonyl (C=O) groups excluding carboxylic acids is 1. The van der Waals surface area contributed by atoms with Crippen molar-refractivity contribution in [2.24, 2.45) is 0 Å². The molecule has 1 aromatic heterocycles. The maximum absolute atomic E-state index is 11.0. The standard InChI is InChI=1S/C27H37N3O2/c1-4-21(2)23-14-16-24(17-15-23)32-20-10-19-30-26-12-8-7-11-25(26)29-27(30)13-6-5-9-18-28-22(3)31/h7-8,11-12,14-17,21H,4-6,9-10,13,18-20H2,1-3H3,(H,28,31). The molecule has 0 aliphatic carbocycles. The number of ether oxygens (including phenoxy) is 1. The molecule has 1 atom stereocenters. The predicted molar refractivity (Wildman–Crippen MR) is 131 cm³/mol. The van der Waals surface area contributed by atoms with Crippen molar-refractivity contribution in [1.29, 1.82) is 0 Å². The van der Waals surface area contributed by atoms with Crippen molar-refractivity contribution in [1.82, 2.24) is 14.9 Å². The lowest BCUT2D eigenvalue weighted by atomic mass is 9.99. The number of amides is 1. The van der Waals surface area contributed by atoms with Crippen molar-refractivity contribution in [2.75, 3.05) is 13.2 Å². The quantitative estimate of drug-likeness (QED) is 0.342. The van der Waals surface area contributed by atoms with Gasteiger partial charge in [-0.15, -0.1) is 0 Å². The summed E-state index contributed by atoms with van der Waals surface area (Å²) in [5.74, 6) is 2.71. The molecule has 1 heterocycles. The summed E-state index contributed by atoms with van der Waals surface area (Å²) in [5.41, 5.74) is 3.62. The Bertz CT molecular complexity index is 978. The molecule has 0 fully saturated rings. The molecular formula is C27H37N3O2. The highest BCUT2D eigenvalue weighted by molar-refractivity contribution is 5.75. The molecule has 172 valence electrons. The predicted octanol–water partition coefficient (Wildman–Crippen LogP) is 5.87. The van der Waals surface area contributed by atoms with Gasteiger partial charge in [0.15, 0.2) is 0 Å². The zero-order valence-electron chi connectivity index (χ0n) is 19.8. The fourth-order valence-electron chi connectivity index (χ4n) is 3.96. The fourth-order valence-corrected chi connectivity index (χ4v) is 3.96. The van der Waals surface area contributed by atoms with Gasteiger partial charge in [0, 0.05) is 26.4 Å². The van der Waals surface area contributed by atoms with Crippen molar-refractivity contribution in [3.63, 3.8) is 0 Å². The minimum atomic E-state index is 0.0421. The zero-order valence-corrected chi connectivity index (χ0v) is 19.8. The van der Waals surface area contributed by atoms with E-state index in [0.717, 1.165) is 68.7 Å². The van der Waals surface area contributed by atoms with Crippen LogP contribution in [0.4, 0.5) is 0 Å². The Hall–Kier alpha value is -2.82. The molecule has 3 rings (SSSR count). The number of nitrogens with one attached hydrogen (secondary N) is 1. The van der Waals surface area contributed by atoms with Gasteiger partial charge in [-0.1, -0.05) is 44.5 Å². The van der Waals surface area contributed by atoms with Crippen LogP contribution in [0, 0.1) is 0 Å². The molecule has 0 aliphatic heterocycles. The molecular weight excluding hydrogens is 398 g/mol. The van der Waals surface area contributed by atoms with Gasteiger partial charge in [0.25, 0.3) is 0 Å². The number of carbonyl (C=O) groups is 1. The van der Waals surface area contributed by atoms with E-state index in [-0.39, 0.29) is 5.91 Å². The average molecular weight is 436 g/mol. The first-order valence-corrected chi connectivity index (χ1v) is 12.0.